The molecule has 3 rings (SSSR count). The van der Waals surface area contributed by atoms with Gasteiger partial charge in [0.1, 0.15) is 0 Å². The normalized spacial score (nSPS) is 18.7. The molecule has 0 spiro atoms. The highest BCUT2D eigenvalue weighted by molar-refractivity contribution is 6.02. The van der Waals surface area contributed by atoms with Gasteiger partial charge in [0.05, 0.1) is 18.7 Å². The minimum absolute atomic E-state index is 0.0292. The van der Waals surface area contributed by atoms with Gasteiger partial charge >= 0.3 is 12.0 Å². The van der Waals surface area contributed by atoms with Crippen molar-refractivity contribution in [3.05, 3.63) is 35.4 Å². The highest BCUT2D eigenvalue weighted by Gasteiger charge is 2.30. The van der Waals surface area contributed by atoms with Crippen LogP contribution >= 0.6 is 0 Å². The molecule has 0 aromatic heterocycles. The Bertz CT molecular complexity index is 770. The first kappa shape index (κ1) is 20.8. The number of nitrogens with one attached hydrogen (secondary N) is 2. The summed E-state index contributed by atoms with van der Waals surface area (Å²) in [5, 5.41) is 5.43. The van der Waals surface area contributed by atoms with E-state index in [2.05, 4.69) is 10.6 Å². The summed E-state index contributed by atoms with van der Waals surface area (Å²) in [5.74, 6) is -1.32. The Morgan fingerprint density at radius 3 is 2.52 bits per heavy atom. The lowest BCUT2D eigenvalue weighted by atomic mass is 10.1. The molecular weight excluding hydrogens is 374 g/mol. The first-order valence-corrected chi connectivity index (χ1v) is 10.1. The van der Waals surface area contributed by atoms with Gasteiger partial charge in [-0.1, -0.05) is 43.9 Å². The Morgan fingerprint density at radius 1 is 1.17 bits per heavy atom. The van der Waals surface area contributed by atoms with Gasteiger partial charge in [0.2, 0.25) is 5.91 Å². The lowest BCUT2D eigenvalue weighted by Crippen LogP contribution is -2.42. The summed E-state index contributed by atoms with van der Waals surface area (Å²) in [5.41, 5.74) is 0.716. The summed E-state index contributed by atoms with van der Waals surface area (Å²) in [7, 11) is 0. The van der Waals surface area contributed by atoms with Gasteiger partial charge in [-0.15, -0.1) is 0 Å². The molecule has 2 aliphatic rings. The van der Waals surface area contributed by atoms with Crippen molar-refractivity contribution in [2.45, 2.75) is 64.1 Å². The number of ether oxygens (including phenoxy) is 1. The van der Waals surface area contributed by atoms with Gasteiger partial charge < -0.3 is 15.4 Å². The molecule has 1 atom stereocenters. The number of carbonyl (C=O) groups excluding carboxylic acids is 4. The van der Waals surface area contributed by atoms with Crippen molar-refractivity contribution >= 4 is 23.8 Å². The van der Waals surface area contributed by atoms with E-state index in [4.69, 9.17) is 4.74 Å². The second-order valence-corrected chi connectivity index (χ2v) is 7.54. The van der Waals surface area contributed by atoms with E-state index in [1.54, 1.807) is 31.2 Å². The Kier molecular flexibility index (Phi) is 6.85. The van der Waals surface area contributed by atoms with E-state index in [1.807, 2.05) is 0 Å². The van der Waals surface area contributed by atoms with E-state index in [0.717, 1.165) is 30.6 Å². The van der Waals surface area contributed by atoms with Crippen molar-refractivity contribution in [3.8, 4) is 0 Å². The molecule has 1 aromatic rings. The summed E-state index contributed by atoms with van der Waals surface area (Å²) in [6, 6.07) is 6.24. The highest BCUT2D eigenvalue weighted by Crippen LogP contribution is 2.18. The highest BCUT2D eigenvalue weighted by atomic mass is 16.5. The van der Waals surface area contributed by atoms with Gasteiger partial charge in [-0.25, -0.2) is 9.59 Å². The standard InChI is InChI=1S/C21H27N3O5/c1-14(19(26)23-16-9-4-2-3-5-10-16)29-20(27)17-11-7-6-8-15(17)13-24-18(25)12-22-21(24)28/h6-8,11,14,16H,2-5,9-10,12-13H2,1H3,(H,22,28)(H,23,26)/t14-/m1/s1. The molecule has 2 fully saturated rings. The molecule has 156 valence electrons. The van der Waals surface area contributed by atoms with Gasteiger partial charge in [0.15, 0.2) is 6.10 Å². The first-order valence-electron chi connectivity index (χ1n) is 10.1. The lowest BCUT2D eigenvalue weighted by Gasteiger charge is -2.20. The third kappa shape index (κ3) is 5.34. The fourth-order valence-electron chi connectivity index (χ4n) is 3.66. The number of rotatable bonds is 6. The predicted octanol–water partition coefficient (Wildman–Crippen LogP) is 2.12. The van der Waals surface area contributed by atoms with Crippen molar-refractivity contribution in [2.75, 3.05) is 6.54 Å². The van der Waals surface area contributed by atoms with Crippen LogP contribution in [-0.4, -0.2) is 47.4 Å². The van der Waals surface area contributed by atoms with Gasteiger partial charge in [-0.2, -0.15) is 0 Å². The maximum absolute atomic E-state index is 12.7. The van der Waals surface area contributed by atoms with Gasteiger partial charge in [-0.3, -0.25) is 14.5 Å². The smallest absolute Gasteiger partial charge is 0.339 e. The van der Waals surface area contributed by atoms with Crippen molar-refractivity contribution in [3.63, 3.8) is 0 Å². The predicted molar refractivity (Wildman–Crippen MR) is 105 cm³/mol. The van der Waals surface area contributed by atoms with E-state index in [1.165, 1.54) is 12.8 Å². The third-order valence-corrected chi connectivity index (χ3v) is 5.36. The first-order chi connectivity index (χ1) is 14.0. The fraction of sp³-hybridized carbons (Fsp3) is 0.524. The average molecular weight is 401 g/mol. The summed E-state index contributed by atoms with van der Waals surface area (Å²) in [6.07, 6.45) is 5.51. The van der Waals surface area contributed by atoms with Crippen LogP contribution in [0.2, 0.25) is 0 Å². The van der Waals surface area contributed by atoms with Crippen LogP contribution in [0, 0.1) is 0 Å². The molecule has 2 N–H and O–H groups in total. The minimum Gasteiger partial charge on any atom is -0.449 e. The number of hydrogen-bond acceptors (Lipinski definition) is 5. The molecule has 29 heavy (non-hydrogen) atoms. The van der Waals surface area contributed by atoms with Crippen LogP contribution in [0.3, 0.4) is 0 Å². The van der Waals surface area contributed by atoms with E-state index in [9.17, 15) is 19.2 Å². The zero-order chi connectivity index (χ0) is 20.8. The number of nitrogens with zero attached hydrogens (tertiary/aromatic N) is 1. The monoisotopic (exact) mass is 401 g/mol. The summed E-state index contributed by atoms with van der Waals surface area (Å²) < 4.78 is 5.37. The van der Waals surface area contributed by atoms with Crippen molar-refractivity contribution in [2.24, 2.45) is 0 Å². The minimum atomic E-state index is -0.935. The number of esters is 1. The SMILES string of the molecule is C[C@@H](OC(=O)c1ccccc1CN1C(=O)CNC1=O)C(=O)NC1CCCCCC1. The number of hydrogen-bond donors (Lipinski definition) is 2. The van der Waals surface area contributed by atoms with Crippen LogP contribution in [0.25, 0.3) is 0 Å². The van der Waals surface area contributed by atoms with Gasteiger partial charge in [0, 0.05) is 6.04 Å². The second kappa shape index (κ2) is 9.54. The zero-order valence-corrected chi connectivity index (χ0v) is 16.6. The van der Waals surface area contributed by atoms with Crippen molar-refractivity contribution in [1.29, 1.82) is 0 Å². The molecule has 0 radical (unpaired) electrons. The van der Waals surface area contributed by atoms with Crippen LogP contribution in [0.4, 0.5) is 4.79 Å². The van der Waals surface area contributed by atoms with Crippen LogP contribution in [-0.2, 0) is 20.9 Å². The molecule has 1 saturated carbocycles. The number of urea groups is 1. The van der Waals surface area contributed by atoms with Gasteiger partial charge in [0.25, 0.3) is 5.91 Å². The largest absolute Gasteiger partial charge is 0.449 e. The topological polar surface area (TPSA) is 105 Å². The molecule has 1 aromatic carbocycles. The molecule has 8 nitrogen and oxygen atoms in total. The van der Waals surface area contributed by atoms with E-state index < -0.39 is 18.1 Å². The number of carbonyl (C=O) groups is 4. The van der Waals surface area contributed by atoms with Crippen molar-refractivity contribution in [1.82, 2.24) is 15.5 Å². The van der Waals surface area contributed by atoms with E-state index in [-0.39, 0.29) is 36.5 Å². The summed E-state index contributed by atoms with van der Waals surface area (Å²) >= 11 is 0. The maximum Gasteiger partial charge on any atom is 0.339 e. The van der Waals surface area contributed by atoms with Crippen LogP contribution in [0.15, 0.2) is 24.3 Å². The van der Waals surface area contributed by atoms with E-state index in [0.29, 0.717) is 5.56 Å². The average Bonchev–Trinajstić information content (AvgIpc) is 2.90. The van der Waals surface area contributed by atoms with E-state index >= 15 is 0 Å². The van der Waals surface area contributed by atoms with Crippen LogP contribution in [0.5, 0.6) is 0 Å². The van der Waals surface area contributed by atoms with Crippen molar-refractivity contribution < 1.29 is 23.9 Å². The Balaban J connectivity index is 1.62. The summed E-state index contributed by atoms with van der Waals surface area (Å²) in [6.45, 7) is 1.46. The van der Waals surface area contributed by atoms with Crippen LogP contribution < -0.4 is 10.6 Å². The fourth-order valence-corrected chi connectivity index (χ4v) is 3.66. The number of imide groups is 1. The molecule has 4 amide bonds. The van der Waals surface area contributed by atoms with Crippen LogP contribution in [0.1, 0.15) is 61.4 Å². The Hall–Kier alpha value is -2.90. The quantitative estimate of drug-likeness (QED) is 0.432. The second-order valence-electron chi connectivity index (χ2n) is 7.54. The Morgan fingerprint density at radius 2 is 1.86 bits per heavy atom. The summed E-state index contributed by atoms with van der Waals surface area (Å²) in [4.78, 5) is 49.8. The Labute approximate surface area is 170 Å². The maximum atomic E-state index is 12.7. The molecule has 8 heteroatoms. The number of amides is 4. The lowest BCUT2D eigenvalue weighted by molar-refractivity contribution is -0.130. The van der Waals surface area contributed by atoms with Gasteiger partial charge in [-0.05, 0) is 31.4 Å². The molecule has 0 bridgehead atoms. The molecular formula is C21H27N3O5. The molecule has 0 unspecified atom stereocenters. The third-order valence-electron chi connectivity index (χ3n) is 5.36. The number of benzene rings is 1. The molecule has 1 saturated heterocycles. The molecule has 1 aliphatic heterocycles. The molecule has 1 aliphatic carbocycles. The molecule has 1 heterocycles. The zero-order valence-electron chi connectivity index (χ0n) is 16.6.